The van der Waals surface area contributed by atoms with Crippen molar-refractivity contribution in [2.45, 2.75) is 79.6 Å². The van der Waals surface area contributed by atoms with Gasteiger partial charge in [-0.3, -0.25) is 9.78 Å². The van der Waals surface area contributed by atoms with Gasteiger partial charge in [0.05, 0.1) is 11.3 Å². The molecule has 2 heterocycles. The Labute approximate surface area is 328 Å². The van der Waals surface area contributed by atoms with Crippen molar-refractivity contribution in [2.24, 2.45) is 5.92 Å². The summed E-state index contributed by atoms with van der Waals surface area (Å²) < 4.78 is 78.7. The molecule has 6 rings (SSSR count). The fourth-order valence-corrected chi connectivity index (χ4v) is 8.14. The Bertz CT molecular complexity index is 2380. The minimum absolute atomic E-state index is 0. The smallest absolute Gasteiger partial charge is 0.454 e. The van der Waals surface area contributed by atoms with Crippen LogP contribution in [0.1, 0.15) is 68.9 Å². The second-order valence-electron chi connectivity index (χ2n) is 14.7. The largest absolute Gasteiger partial charge is 0.512 e. The molecule has 0 unspecified atom stereocenters. The van der Waals surface area contributed by atoms with Gasteiger partial charge >= 0.3 is 12.4 Å². The van der Waals surface area contributed by atoms with E-state index in [1.54, 1.807) is 13.8 Å². The Morgan fingerprint density at radius 2 is 1.50 bits per heavy atom. The number of carbonyl (C=O) groups is 1. The SMILES string of the molecule is CC(C)C/C(O)=C/C(=O)C(F)(F)F.Cc1cc2ccccc2c(C)c1-c1sc2c(-c3[c-]c4ccccc4c(C(C)(C)C)c3)ncc(C(F)(F)F)c2c1C.[Ir]. The third kappa shape index (κ3) is 8.90. The molecule has 0 saturated carbocycles. The Morgan fingerprint density at radius 3 is 2.09 bits per heavy atom. The Balaban J connectivity index is 0.000000400. The predicted molar refractivity (Wildman–Crippen MR) is 203 cm³/mol. The fraction of sp³-hybridized carbons (Fsp3) is 0.302. The number of alkyl halides is 6. The van der Waals surface area contributed by atoms with Crippen molar-refractivity contribution in [1.82, 2.24) is 4.98 Å². The van der Waals surface area contributed by atoms with E-state index in [-0.39, 0.29) is 49.3 Å². The molecule has 0 aliphatic carbocycles. The summed E-state index contributed by atoms with van der Waals surface area (Å²) in [6.07, 6.45) is -8.13. The Morgan fingerprint density at radius 1 is 0.889 bits per heavy atom. The van der Waals surface area contributed by atoms with Crippen molar-refractivity contribution in [3.05, 3.63) is 113 Å². The number of rotatable bonds is 5. The number of halogens is 6. The van der Waals surface area contributed by atoms with Gasteiger partial charge in [-0.15, -0.1) is 40.5 Å². The molecule has 0 saturated heterocycles. The summed E-state index contributed by atoms with van der Waals surface area (Å²) in [5, 5.41) is 13.4. The molecule has 0 bridgehead atoms. The first-order valence-corrected chi connectivity index (χ1v) is 17.9. The van der Waals surface area contributed by atoms with E-state index in [0.29, 0.717) is 21.5 Å². The van der Waals surface area contributed by atoms with Crippen LogP contribution in [0.5, 0.6) is 0 Å². The number of hydrogen-bond acceptors (Lipinski definition) is 4. The van der Waals surface area contributed by atoms with Crippen molar-refractivity contribution in [2.75, 3.05) is 0 Å². The predicted octanol–water partition coefficient (Wildman–Crippen LogP) is 13.6. The Kier molecular flexibility index (Phi) is 12.6. The normalized spacial score (nSPS) is 12.6. The van der Waals surface area contributed by atoms with Gasteiger partial charge in [-0.05, 0) is 65.1 Å². The molecular formula is C43H40F6IrNO2S-. The third-order valence-electron chi connectivity index (χ3n) is 9.03. The van der Waals surface area contributed by atoms with Crippen LogP contribution in [0.3, 0.4) is 0 Å². The van der Waals surface area contributed by atoms with Gasteiger partial charge < -0.3 is 5.11 Å². The summed E-state index contributed by atoms with van der Waals surface area (Å²) in [5.41, 5.74) is 5.23. The van der Waals surface area contributed by atoms with Crippen molar-refractivity contribution in [3.63, 3.8) is 0 Å². The maximum absolute atomic E-state index is 14.4. The average Bonchev–Trinajstić information content (AvgIpc) is 3.38. The molecule has 6 aromatic rings. The molecule has 0 fully saturated rings. The van der Waals surface area contributed by atoms with Crippen LogP contribution in [0.25, 0.3) is 53.3 Å². The van der Waals surface area contributed by atoms with Crippen LogP contribution in [-0.4, -0.2) is 22.1 Å². The maximum atomic E-state index is 14.4. The van der Waals surface area contributed by atoms with Crippen LogP contribution in [-0.2, 0) is 36.5 Å². The average molecular weight is 941 g/mol. The van der Waals surface area contributed by atoms with Gasteiger partial charge in [0.2, 0.25) is 0 Å². The van der Waals surface area contributed by atoms with Crippen LogP contribution in [0.4, 0.5) is 26.3 Å². The molecule has 1 radical (unpaired) electrons. The van der Waals surface area contributed by atoms with Crippen molar-refractivity contribution in [3.8, 4) is 21.7 Å². The number of carbonyl (C=O) groups excluding carboxylic acids is 1. The molecule has 2 aromatic heterocycles. The molecule has 0 aliphatic rings. The number of pyridine rings is 1. The van der Waals surface area contributed by atoms with E-state index in [1.807, 2.05) is 44.2 Å². The van der Waals surface area contributed by atoms with Crippen LogP contribution in [0, 0.1) is 32.8 Å². The molecule has 0 atom stereocenters. The molecule has 11 heteroatoms. The fourth-order valence-electron chi connectivity index (χ4n) is 6.64. The van der Waals surface area contributed by atoms with Crippen LogP contribution >= 0.6 is 11.3 Å². The molecule has 287 valence electrons. The number of allylic oxidation sites excluding steroid dienone is 2. The van der Waals surface area contributed by atoms with Gasteiger partial charge in [0, 0.05) is 59.5 Å². The van der Waals surface area contributed by atoms with Crippen LogP contribution in [0.2, 0.25) is 0 Å². The number of aliphatic hydroxyl groups is 1. The van der Waals surface area contributed by atoms with E-state index in [0.717, 1.165) is 54.9 Å². The zero-order valence-electron chi connectivity index (χ0n) is 31.0. The summed E-state index contributed by atoms with van der Waals surface area (Å²) in [4.78, 5) is 15.6. The number of nitrogens with zero attached hydrogens (tertiary/aromatic N) is 1. The quantitative estimate of drug-likeness (QED) is 0.0811. The first-order valence-electron chi connectivity index (χ1n) is 17.0. The van der Waals surface area contributed by atoms with Crippen LogP contribution < -0.4 is 0 Å². The number of benzene rings is 4. The number of aryl methyl sites for hydroxylation is 3. The molecular weight excluding hydrogens is 901 g/mol. The van der Waals surface area contributed by atoms with Crippen LogP contribution in [0.15, 0.2) is 78.7 Å². The number of ketones is 1. The third-order valence-corrected chi connectivity index (χ3v) is 10.3. The second kappa shape index (κ2) is 16.0. The first kappa shape index (κ1) is 42.7. The second-order valence-corrected chi connectivity index (χ2v) is 15.7. The standard InChI is InChI=1S/C35H29F3NS.C8H11F3O2.Ir/c1-19-15-22-11-7-9-13-25(22)20(2)29(19)32-21(3)30-28(35(36,37)38)18-39-31(33(30)40-32)24-16-23-12-8-10-14-26(23)27(17-24)34(4,5)6;1-5(2)3-6(12)4-7(13)8(9,10)11;/h7-15,17-18H,1-6H3;4-5,12H,3H2,1-2H3;/q-1;;/b;6-4-;. The van der Waals surface area contributed by atoms with Crippen molar-refractivity contribution < 1.29 is 56.3 Å². The first-order chi connectivity index (χ1) is 24.6. The summed E-state index contributed by atoms with van der Waals surface area (Å²) in [5.74, 6) is -2.54. The molecule has 0 amide bonds. The molecule has 0 spiro atoms. The number of fused-ring (bicyclic) bond motifs is 3. The minimum Gasteiger partial charge on any atom is -0.512 e. The topological polar surface area (TPSA) is 50.2 Å². The van der Waals surface area contributed by atoms with E-state index in [9.17, 15) is 31.1 Å². The van der Waals surface area contributed by atoms with Gasteiger partial charge in [-0.1, -0.05) is 94.1 Å². The molecule has 54 heavy (non-hydrogen) atoms. The van der Waals surface area contributed by atoms with E-state index < -0.39 is 29.5 Å². The monoisotopic (exact) mass is 941 g/mol. The number of hydrogen-bond donors (Lipinski definition) is 1. The Hall–Kier alpha value is -4.05. The zero-order chi connectivity index (χ0) is 39.2. The van der Waals surface area contributed by atoms with Crippen molar-refractivity contribution >= 4 is 48.8 Å². The van der Waals surface area contributed by atoms with Crippen molar-refractivity contribution in [1.29, 1.82) is 0 Å². The van der Waals surface area contributed by atoms with Gasteiger partial charge in [0.1, 0.15) is 0 Å². The summed E-state index contributed by atoms with van der Waals surface area (Å²) >= 11 is 1.40. The zero-order valence-corrected chi connectivity index (χ0v) is 34.2. The van der Waals surface area contributed by atoms with E-state index >= 15 is 0 Å². The molecule has 0 aliphatic heterocycles. The van der Waals surface area contributed by atoms with Gasteiger partial charge in [-0.25, -0.2) is 0 Å². The van der Waals surface area contributed by atoms with Gasteiger partial charge in [-0.2, -0.15) is 26.3 Å². The minimum atomic E-state index is -4.90. The van der Waals surface area contributed by atoms with Gasteiger partial charge in [0.25, 0.3) is 5.78 Å². The molecule has 3 nitrogen and oxygen atoms in total. The summed E-state index contributed by atoms with van der Waals surface area (Å²) in [7, 11) is 0. The van der Waals surface area contributed by atoms with E-state index in [1.165, 1.54) is 11.3 Å². The maximum Gasteiger partial charge on any atom is 0.454 e. The molecule has 1 N–H and O–H groups in total. The summed E-state index contributed by atoms with van der Waals surface area (Å²) in [6, 6.07) is 23.9. The van der Waals surface area contributed by atoms with Gasteiger partial charge in [0.15, 0.2) is 0 Å². The number of aliphatic hydroxyl groups excluding tert-OH is 1. The molecule has 4 aromatic carbocycles. The van der Waals surface area contributed by atoms with E-state index in [4.69, 9.17) is 5.11 Å². The number of thiophene rings is 1. The van der Waals surface area contributed by atoms with E-state index in [2.05, 4.69) is 69.1 Å². The number of aromatic nitrogens is 1. The summed E-state index contributed by atoms with van der Waals surface area (Å²) in [6.45, 7) is 15.8.